The van der Waals surface area contributed by atoms with Crippen molar-refractivity contribution in [1.82, 2.24) is 0 Å². The van der Waals surface area contributed by atoms with Crippen LogP contribution in [-0.4, -0.2) is 12.6 Å². The van der Waals surface area contributed by atoms with Gasteiger partial charge in [0.25, 0.3) is 0 Å². The summed E-state index contributed by atoms with van der Waals surface area (Å²) in [5.74, 6) is 0.919. The van der Waals surface area contributed by atoms with Crippen molar-refractivity contribution in [3.63, 3.8) is 0 Å². The number of halogens is 1. The van der Waals surface area contributed by atoms with Gasteiger partial charge in [0.05, 0.1) is 6.61 Å². The Morgan fingerprint density at radius 2 is 1.59 bits per heavy atom. The second-order valence-electron chi connectivity index (χ2n) is 8.67. The molecule has 3 nitrogen and oxygen atoms in total. The Balaban J connectivity index is 1.80. The van der Waals surface area contributed by atoms with Gasteiger partial charge < -0.3 is 9.47 Å². The van der Waals surface area contributed by atoms with Gasteiger partial charge in [0.1, 0.15) is 5.75 Å². The minimum atomic E-state index is -0.361. The van der Waals surface area contributed by atoms with Crippen molar-refractivity contribution in [2.45, 2.75) is 85.0 Å². The number of ether oxygens (including phenoxy) is 2. The number of hydrogen-bond donors (Lipinski definition) is 0. The summed E-state index contributed by atoms with van der Waals surface area (Å²) in [5, 5.41) is 0. The lowest BCUT2D eigenvalue weighted by Gasteiger charge is -2.11. The van der Waals surface area contributed by atoms with Crippen LogP contribution in [0, 0.1) is 11.7 Å². The zero-order valence-corrected chi connectivity index (χ0v) is 20.0. The van der Waals surface area contributed by atoms with Crippen LogP contribution in [0.25, 0.3) is 11.1 Å². The molecule has 0 N–H and O–H groups in total. The molecule has 2 aromatic carbocycles. The molecule has 176 valence electrons. The molecule has 0 unspecified atom stereocenters. The van der Waals surface area contributed by atoms with Gasteiger partial charge in [-0.1, -0.05) is 77.5 Å². The Morgan fingerprint density at radius 3 is 2.28 bits per heavy atom. The van der Waals surface area contributed by atoms with Crippen LogP contribution in [0.15, 0.2) is 42.5 Å². The highest BCUT2D eigenvalue weighted by Gasteiger charge is 2.09. The maximum absolute atomic E-state index is 14.5. The molecule has 0 aliphatic heterocycles. The van der Waals surface area contributed by atoms with E-state index in [1.165, 1.54) is 31.7 Å². The van der Waals surface area contributed by atoms with Gasteiger partial charge >= 0.3 is 5.97 Å². The first-order valence-electron chi connectivity index (χ1n) is 12.3. The lowest BCUT2D eigenvalue weighted by molar-refractivity contribution is -0.134. The molecule has 0 saturated carbocycles. The first kappa shape index (κ1) is 25.9. The van der Waals surface area contributed by atoms with Gasteiger partial charge in [-0.2, -0.15) is 0 Å². The lowest BCUT2D eigenvalue weighted by atomic mass is 10.0. The van der Waals surface area contributed by atoms with Crippen molar-refractivity contribution >= 4 is 5.97 Å². The molecule has 0 amide bonds. The average Bonchev–Trinajstić information content (AvgIpc) is 2.80. The SMILES string of the molecule is CCCCCCCCC(=O)Oc1ccc(-c2ccc(OCCC[C@@H](C)CC)c(F)c2)cc1. The largest absolute Gasteiger partial charge is 0.491 e. The van der Waals surface area contributed by atoms with E-state index in [-0.39, 0.29) is 17.5 Å². The molecule has 0 aromatic heterocycles. The molecule has 0 heterocycles. The number of rotatable bonds is 15. The molecule has 0 fully saturated rings. The van der Waals surface area contributed by atoms with Gasteiger partial charge in [-0.25, -0.2) is 4.39 Å². The Hall–Kier alpha value is -2.36. The molecule has 0 aliphatic carbocycles. The maximum Gasteiger partial charge on any atom is 0.311 e. The second-order valence-corrected chi connectivity index (χ2v) is 8.67. The fourth-order valence-corrected chi connectivity index (χ4v) is 3.56. The van der Waals surface area contributed by atoms with Crippen LogP contribution < -0.4 is 9.47 Å². The number of esters is 1. The lowest BCUT2D eigenvalue weighted by Crippen LogP contribution is -2.07. The highest BCUT2D eigenvalue weighted by Crippen LogP contribution is 2.27. The third-order valence-corrected chi connectivity index (χ3v) is 5.88. The highest BCUT2D eigenvalue weighted by atomic mass is 19.1. The topological polar surface area (TPSA) is 35.5 Å². The van der Waals surface area contributed by atoms with Crippen molar-refractivity contribution in [3.8, 4) is 22.6 Å². The van der Waals surface area contributed by atoms with Crippen molar-refractivity contribution in [3.05, 3.63) is 48.3 Å². The van der Waals surface area contributed by atoms with Crippen LogP contribution in [-0.2, 0) is 4.79 Å². The van der Waals surface area contributed by atoms with Crippen LogP contribution in [0.4, 0.5) is 4.39 Å². The molecule has 0 radical (unpaired) electrons. The van der Waals surface area contributed by atoms with Gasteiger partial charge in [0, 0.05) is 6.42 Å². The Morgan fingerprint density at radius 1 is 0.906 bits per heavy atom. The van der Waals surface area contributed by atoms with E-state index in [2.05, 4.69) is 20.8 Å². The van der Waals surface area contributed by atoms with E-state index in [0.717, 1.165) is 43.2 Å². The third-order valence-electron chi connectivity index (χ3n) is 5.88. The molecule has 0 aliphatic rings. The predicted molar refractivity (Wildman–Crippen MR) is 130 cm³/mol. The van der Waals surface area contributed by atoms with E-state index in [4.69, 9.17) is 9.47 Å². The molecule has 2 aromatic rings. The molecular weight excluding hydrogens is 403 g/mol. The fourth-order valence-electron chi connectivity index (χ4n) is 3.56. The molecule has 2 rings (SSSR count). The zero-order valence-electron chi connectivity index (χ0n) is 20.0. The fraction of sp³-hybridized carbons (Fsp3) is 0.536. The Bertz CT molecular complexity index is 801. The van der Waals surface area contributed by atoms with E-state index < -0.39 is 0 Å². The summed E-state index contributed by atoms with van der Waals surface area (Å²) in [6.07, 6.45) is 10.4. The molecule has 1 atom stereocenters. The molecule has 0 spiro atoms. The van der Waals surface area contributed by atoms with Crippen molar-refractivity contribution < 1.29 is 18.7 Å². The number of hydrogen-bond acceptors (Lipinski definition) is 3. The van der Waals surface area contributed by atoms with E-state index in [0.29, 0.717) is 24.7 Å². The molecule has 4 heteroatoms. The molecule has 0 bridgehead atoms. The van der Waals surface area contributed by atoms with Gasteiger partial charge in [-0.05, 0) is 60.6 Å². The van der Waals surface area contributed by atoms with Gasteiger partial charge in [0.15, 0.2) is 11.6 Å². The monoisotopic (exact) mass is 442 g/mol. The van der Waals surface area contributed by atoms with E-state index in [1.807, 2.05) is 18.2 Å². The van der Waals surface area contributed by atoms with Gasteiger partial charge in [-0.3, -0.25) is 4.79 Å². The van der Waals surface area contributed by atoms with Crippen LogP contribution in [0.2, 0.25) is 0 Å². The first-order valence-corrected chi connectivity index (χ1v) is 12.3. The van der Waals surface area contributed by atoms with E-state index in [1.54, 1.807) is 18.2 Å². The second kappa shape index (κ2) is 14.7. The minimum Gasteiger partial charge on any atom is -0.491 e. The number of benzene rings is 2. The predicted octanol–water partition coefficient (Wildman–Crippen LogP) is 8.35. The highest BCUT2D eigenvalue weighted by molar-refractivity contribution is 5.73. The van der Waals surface area contributed by atoms with Crippen molar-refractivity contribution in [2.24, 2.45) is 5.92 Å². The molecule has 0 saturated heterocycles. The number of unbranched alkanes of at least 4 members (excludes halogenated alkanes) is 5. The zero-order chi connectivity index (χ0) is 23.2. The van der Waals surface area contributed by atoms with Crippen LogP contribution >= 0.6 is 0 Å². The Labute approximate surface area is 193 Å². The summed E-state index contributed by atoms with van der Waals surface area (Å²) in [4.78, 5) is 12.0. The van der Waals surface area contributed by atoms with Gasteiger partial charge in [0.2, 0.25) is 0 Å². The summed E-state index contributed by atoms with van der Waals surface area (Å²) in [5.41, 5.74) is 1.63. The van der Waals surface area contributed by atoms with E-state index >= 15 is 0 Å². The number of carbonyl (C=O) groups excluding carboxylic acids is 1. The quantitative estimate of drug-likeness (QED) is 0.158. The van der Waals surface area contributed by atoms with Gasteiger partial charge in [-0.15, -0.1) is 0 Å². The summed E-state index contributed by atoms with van der Waals surface area (Å²) >= 11 is 0. The third kappa shape index (κ3) is 9.42. The smallest absolute Gasteiger partial charge is 0.311 e. The maximum atomic E-state index is 14.5. The summed E-state index contributed by atoms with van der Waals surface area (Å²) < 4.78 is 25.5. The van der Waals surface area contributed by atoms with Crippen molar-refractivity contribution in [2.75, 3.05) is 6.61 Å². The number of carbonyl (C=O) groups is 1. The summed E-state index contributed by atoms with van der Waals surface area (Å²) in [6.45, 7) is 7.12. The normalized spacial score (nSPS) is 11.9. The van der Waals surface area contributed by atoms with Crippen molar-refractivity contribution in [1.29, 1.82) is 0 Å². The molecule has 32 heavy (non-hydrogen) atoms. The molecular formula is C28H39FO3. The summed E-state index contributed by atoms with van der Waals surface area (Å²) in [7, 11) is 0. The van der Waals surface area contributed by atoms with Crippen LogP contribution in [0.3, 0.4) is 0 Å². The van der Waals surface area contributed by atoms with Crippen LogP contribution in [0.5, 0.6) is 11.5 Å². The standard InChI is InChI=1S/C28H39FO3/c1-4-6-7-8-9-10-13-28(30)32-25-17-14-23(15-18-25)24-16-19-27(26(29)21-24)31-20-11-12-22(3)5-2/h14-19,21-22H,4-13,20H2,1-3H3/t22-/m0/s1. The summed E-state index contributed by atoms with van der Waals surface area (Å²) in [6, 6.07) is 12.2. The first-order chi connectivity index (χ1) is 15.5. The average molecular weight is 443 g/mol. The van der Waals surface area contributed by atoms with E-state index in [9.17, 15) is 9.18 Å². The Kier molecular flexibility index (Phi) is 11.9. The minimum absolute atomic E-state index is 0.200. The van der Waals surface area contributed by atoms with Crippen LogP contribution in [0.1, 0.15) is 85.0 Å².